The van der Waals surface area contributed by atoms with Crippen LogP contribution in [0, 0.1) is 0 Å². The molecule has 1 N–H and O–H groups in total. The zero-order valence-electron chi connectivity index (χ0n) is 10.2. The van der Waals surface area contributed by atoms with Crippen molar-refractivity contribution in [1.82, 2.24) is 5.32 Å². The molecule has 15 heavy (non-hydrogen) atoms. The topological polar surface area (TPSA) is 21.3 Å². The van der Waals surface area contributed by atoms with Crippen molar-refractivity contribution in [1.29, 1.82) is 0 Å². The Morgan fingerprint density at radius 1 is 1.13 bits per heavy atom. The van der Waals surface area contributed by atoms with Gasteiger partial charge >= 0.3 is 0 Å². The zero-order valence-corrected chi connectivity index (χ0v) is 10.2. The fourth-order valence-electron chi connectivity index (χ4n) is 3.00. The Kier molecular flexibility index (Phi) is 3.68. The summed E-state index contributed by atoms with van der Waals surface area (Å²) in [6, 6.07) is 0.626. The summed E-state index contributed by atoms with van der Waals surface area (Å²) in [6.07, 6.45) is 9.57. The number of morpholine rings is 1. The van der Waals surface area contributed by atoms with Gasteiger partial charge in [-0.25, -0.2) is 0 Å². The first kappa shape index (κ1) is 11.4. The molecule has 0 radical (unpaired) electrons. The van der Waals surface area contributed by atoms with Crippen LogP contribution in [0.5, 0.6) is 0 Å². The maximum Gasteiger partial charge on any atom is 0.0729 e. The molecule has 0 amide bonds. The molecule has 0 aromatic heterocycles. The van der Waals surface area contributed by atoms with Gasteiger partial charge in [-0.1, -0.05) is 33.1 Å². The Morgan fingerprint density at radius 3 is 2.60 bits per heavy atom. The Morgan fingerprint density at radius 2 is 1.87 bits per heavy atom. The third-order valence-electron chi connectivity index (χ3n) is 4.37. The highest BCUT2D eigenvalue weighted by atomic mass is 16.5. The molecule has 0 bridgehead atoms. The summed E-state index contributed by atoms with van der Waals surface area (Å²) in [5.74, 6) is 0. The van der Waals surface area contributed by atoms with Crippen LogP contribution < -0.4 is 5.32 Å². The van der Waals surface area contributed by atoms with E-state index >= 15 is 0 Å². The molecule has 2 rings (SSSR count). The largest absolute Gasteiger partial charge is 0.375 e. The molecule has 2 nitrogen and oxygen atoms in total. The average molecular weight is 211 g/mol. The van der Waals surface area contributed by atoms with Crippen LogP contribution in [-0.2, 0) is 4.74 Å². The van der Waals surface area contributed by atoms with Gasteiger partial charge in [-0.05, 0) is 25.7 Å². The number of ether oxygens (including phenoxy) is 1. The van der Waals surface area contributed by atoms with Crippen LogP contribution in [0.3, 0.4) is 0 Å². The SMILES string of the molecule is CCC1(CC)COC2CCCCCC2N1. The molecule has 1 heterocycles. The van der Waals surface area contributed by atoms with Gasteiger partial charge in [-0.2, -0.15) is 0 Å². The summed E-state index contributed by atoms with van der Waals surface area (Å²) in [6.45, 7) is 5.47. The first-order valence-electron chi connectivity index (χ1n) is 6.69. The maximum absolute atomic E-state index is 6.10. The molecule has 88 valence electrons. The first-order chi connectivity index (χ1) is 7.29. The third-order valence-corrected chi connectivity index (χ3v) is 4.37. The predicted molar refractivity (Wildman–Crippen MR) is 63.1 cm³/mol. The van der Waals surface area contributed by atoms with E-state index in [4.69, 9.17) is 4.74 Å². The molecule has 2 fully saturated rings. The van der Waals surface area contributed by atoms with Gasteiger partial charge in [0.25, 0.3) is 0 Å². The Bertz CT molecular complexity index is 201. The van der Waals surface area contributed by atoms with Crippen molar-refractivity contribution in [2.45, 2.75) is 76.5 Å². The summed E-state index contributed by atoms with van der Waals surface area (Å²) >= 11 is 0. The van der Waals surface area contributed by atoms with E-state index in [1.165, 1.54) is 44.9 Å². The summed E-state index contributed by atoms with van der Waals surface area (Å²) in [7, 11) is 0. The highest BCUT2D eigenvalue weighted by Gasteiger charge is 2.38. The lowest BCUT2D eigenvalue weighted by Crippen LogP contribution is -2.61. The van der Waals surface area contributed by atoms with E-state index in [0.29, 0.717) is 12.1 Å². The number of rotatable bonds is 2. The lowest BCUT2D eigenvalue weighted by molar-refractivity contribution is -0.0676. The van der Waals surface area contributed by atoms with E-state index in [2.05, 4.69) is 19.2 Å². The van der Waals surface area contributed by atoms with Gasteiger partial charge in [0.2, 0.25) is 0 Å². The monoisotopic (exact) mass is 211 g/mol. The molecule has 0 spiro atoms. The molecule has 2 atom stereocenters. The Labute approximate surface area is 93.8 Å². The zero-order chi connectivity index (χ0) is 10.7. The first-order valence-corrected chi connectivity index (χ1v) is 6.69. The van der Waals surface area contributed by atoms with Gasteiger partial charge in [0.05, 0.1) is 12.7 Å². The normalized spacial score (nSPS) is 35.6. The molecule has 1 aliphatic heterocycles. The quantitative estimate of drug-likeness (QED) is 0.758. The van der Waals surface area contributed by atoms with Crippen molar-refractivity contribution < 1.29 is 4.74 Å². The molecular weight excluding hydrogens is 186 g/mol. The third kappa shape index (κ3) is 2.36. The van der Waals surface area contributed by atoms with Gasteiger partial charge in [-0.3, -0.25) is 0 Å². The average Bonchev–Trinajstić information content (AvgIpc) is 2.52. The second-order valence-electron chi connectivity index (χ2n) is 5.23. The minimum Gasteiger partial charge on any atom is -0.375 e. The van der Waals surface area contributed by atoms with Gasteiger partial charge in [-0.15, -0.1) is 0 Å². The molecule has 0 aromatic carbocycles. The fourth-order valence-corrected chi connectivity index (χ4v) is 3.00. The van der Waals surface area contributed by atoms with Crippen LogP contribution >= 0.6 is 0 Å². The standard InChI is InChI=1S/C13H25NO/c1-3-13(4-2)10-15-12-9-7-5-6-8-11(12)14-13/h11-12,14H,3-10H2,1-2H3. The number of fused-ring (bicyclic) bond motifs is 1. The minimum atomic E-state index is 0.269. The summed E-state index contributed by atoms with van der Waals surface area (Å²) in [4.78, 5) is 0. The van der Waals surface area contributed by atoms with Gasteiger partial charge in [0.15, 0.2) is 0 Å². The van der Waals surface area contributed by atoms with E-state index in [1.54, 1.807) is 0 Å². The lowest BCUT2D eigenvalue weighted by Gasteiger charge is -2.45. The molecule has 2 unspecified atom stereocenters. The van der Waals surface area contributed by atoms with E-state index < -0.39 is 0 Å². The molecule has 1 saturated carbocycles. The van der Waals surface area contributed by atoms with Crippen LogP contribution in [0.4, 0.5) is 0 Å². The van der Waals surface area contributed by atoms with Crippen molar-refractivity contribution in [3.05, 3.63) is 0 Å². The van der Waals surface area contributed by atoms with Gasteiger partial charge in [0, 0.05) is 11.6 Å². The number of hydrogen-bond donors (Lipinski definition) is 1. The fraction of sp³-hybridized carbons (Fsp3) is 1.00. The molecule has 1 saturated heterocycles. The van der Waals surface area contributed by atoms with E-state index in [0.717, 1.165) is 6.61 Å². The number of hydrogen-bond acceptors (Lipinski definition) is 2. The molecule has 2 heteroatoms. The van der Waals surface area contributed by atoms with Crippen molar-refractivity contribution in [3.8, 4) is 0 Å². The summed E-state index contributed by atoms with van der Waals surface area (Å²) in [5, 5.41) is 3.88. The predicted octanol–water partition coefficient (Wildman–Crippen LogP) is 2.87. The second kappa shape index (κ2) is 4.84. The lowest BCUT2D eigenvalue weighted by atomic mass is 9.88. The van der Waals surface area contributed by atoms with Crippen LogP contribution in [0.15, 0.2) is 0 Å². The maximum atomic E-state index is 6.10. The molecule has 2 aliphatic rings. The molecule has 1 aliphatic carbocycles. The van der Waals surface area contributed by atoms with E-state index in [9.17, 15) is 0 Å². The Balaban J connectivity index is 2.02. The van der Waals surface area contributed by atoms with Gasteiger partial charge < -0.3 is 10.1 Å². The summed E-state index contributed by atoms with van der Waals surface area (Å²) in [5.41, 5.74) is 0.269. The molecular formula is C13H25NO. The minimum absolute atomic E-state index is 0.269. The van der Waals surface area contributed by atoms with Crippen LogP contribution in [0.25, 0.3) is 0 Å². The van der Waals surface area contributed by atoms with Gasteiger partial charge in [0.1, 0.15) is 0 Å². The van der Waals surface area contributed by atoms with E-state index in [1.807, 2.05) is 0 Å². The smallest absolute Gasteiger partial charge is 0.0729 e. The number of nitrogens with one attached hydrogen (secondary N) is 1. The Hall–Kier alpha value is -0.0800. The van der Waals surface area contributed by atoms with Crippen molar-refractivity contribution >= 4 is 0 Å². The van der Waals surface area contributed by atoms with Crippen LogP contribution in [0.2, 0.25) is 0 Å². The van der Waals surface area contributed by atoms with Crippen molar-refractivity contribution in [2.75, 3.05) is 6.61 Å². The van der Waals surface area contributed by atoms with Crippen molar-refractivity contribution in [3.63, 3.8) is 0 Å². The van der Waals surface area contributed by atoms with Crippen molar-refractivity contribution in [2.24, 2.45) is 0 Å². The summed E-state index contributed by atoms with van der Waals surface area (Å²) < 4.78 is 6.10. The highest BCUT2D eigenvalue weighted by Crippen LogP contribution is 2.30. The van der Waals surface area contributed by atoms with Crippen LogP contribution in [-0.4, -0.2) is 24.3 Å². The highest BCUT2D eigenvalue weighted by molar-refractivity contribution is 4.96. The second-order valence-corrected chi connectivity index (χ2v) is 5.23. The molecule has 0 aromatic rings. The van der Waals surface area contributed by atoms with E-state index in [-0.39, 0.29) is 5.54 Å². The van der Waals surface area contributed by atoms with Crippen LogP contribution in [0.1, 0.15) is 58.8 Å².